The first-order chi connectivity index (χ1) is 9.92. The van der Waals surface area contributed by atoms with Gasteiger partial charge >= 0.3 is 0 Å². The predicted molar refractivity (Wildman–Crippen MR) is 80.2 cm³/mol. The van der Waals surface area contributed by atoms with Crippen LogP contribution < -0.4 is 0 Å². The topological polar surface area (TPSA) is 24.7 Å². The van der Waals surface area contributed by atoms with Gasteiger partial charge in [-0.1, -0.05) is 60.7 Å². The van der Waals surface area contributed by atoms with Gasteiger partial charge in [0.2, 0.25) is 0 Å². The van der Waals surface area contributed by atoms with Gasteiger partial charge in [-0.3, -0.25) is 0 Å². The maximum absolute atomic E-state index is 4.20. The zero-order valence-corrected chi connectivity index (χ0v) is 10.8. The molecule has 3 aromatic carbocycles. The normalized spacial score (nSPS) is 10.8. The lowest BCUT2D eigenvalue weighted by atomic mass is 10.1. The molecule has 0 aromatic heterocycles. The van der Waals surface area contributed by atoms with Gasteiger partial charge in [0.05, 0.1) is 11.4 Å². The molecule has 2 radical (unpaired) electrons. The summed E-state index contributed by atoms with van der Waals surface area (Å²) in [6.07, 6.45) is 0. The van der Waals surface area contributed by atoms with Crippen molar-refractivity contribution in [3.63, 3.8) is 0 Å². The maximum Gasteiger partial charge on any atom is 0.0942 e. The van der Waals surface area contributed by atoms with Gasteiger partial charge in [0.1, 0.15) is 0 Å². The van der Waals surface area contributed by atoms with Gasteiger partial charge in [-0.05, 0) is 23.3 Å². The summed E-state index contributed by atoms with van der Waals surface area (Å²) in [7, 11) is 0. The molecule has 0 heterocycles. The van der Waals surface area contributed by atoms with Crippen LogP contribution in [-0.2, 0) is 0 Å². The van der Waals surface area contributed by atoms with Gasteiger partial charge in [-0.25, -0.2) is 0 Å². The van der Waals surface area contributed by atoms with E-state index in [1.807, 2.05) is 60.7 Å². The molecule has 94 valence electrons. The lowest BCUT2D eigenvalue weighted by Crippen LogP contribution is -1.76. The summed E-state index contributed by atoms with van der Waals surface area (Å²) >= 11 is 0. The minimum Gasteiger partial charge on any atom is -0.150 e. The summed E-state index contributed by atoms with van der Waals surface area (Å²) in [5.74, 6) is 0. The lowest BCUT2D eigenvalue weighted by Gasteiger charge is -2.01. The third-order valence-electron chi connectivity index (χ3n) is 2.85. The van der Waals surface area contributed by atoms with Crippen molar-refractivity contribution in [1.82, 2.24) is 0 Å². The van der Waals surface area contributed by atoms with E-state index in [-0.39, 0.29) is 0 Å². The number of nitrogens with zero attached hydrogens (tertiary/aromatic N) is 2. The SMILES string of the molecule is [c]1ccccc1N=Nc1[c]ccc(-c2ccccc2)c1. The van der Waals surface area contributed by atoms with Gasteiger partial charge in [0, 0.05) is 12.1 Å². The summed E-state index contributed by atoms with van der Waals surface area (Å²) in [6.45, 7) is 0. The molecule has 0 spiro atoms. The second-order valence-corrected chi connectivity index (χ2v) is 4.28. The Morgan fingerprint density at radius 3 is 2.15 bits per heavy atom. The summed E-state index contributed by atoms with van der Waals surface area (Å²) in [5, 5.41) is 8.35. The monoisotopic (exact) mass is 256 g/mol. The third kappa shape index (κ3) is 2.98. The summed E-state index contributed by atoms with van der Waals surface area (Å²) in [5.41, 5.74) is 3.69. The Morgan fingerprint density at radius 1 is 0.600 bits per heavy atom. The average Bonchev–Trinajstić information content (AvgIpc) is 2.55. The van der Waals surface area contributed by atoms with E-state index in [2.05, 4.69) is 34.5 Å². The molecule has 0 aliphatic carbocycles. The minimum atomic E-state index is 0.712. The standard InChI is InChI=1S/C18H12N2/c1-3-8-15(9-4-1)16-10-7-13-18(14-16)20-19-17-11-5-2-6-12-17/h1-11,14H. The number of benzene rings is 3. The zero-order valence-electron chi connectivity index (χ0n) is 10.8. The molecule has 3 aromatic rings. The first kappa shape index (κ1) is 12.3. The van der Waals surface area contributed by atoms with Crippen molar-refractivity contribution in [1.29, 1.82) is 0 Å². The summed E-state index contributed by atoms with van der Waals surface area (Å²) < 4.78 is 0. The molecule has 0 atom stereocenters. The van der Waals surface area contributed by atoms with Crippen LogP contribution in [0.25, 0.3) is 11.1 Å². The van der Waals surface area contributed by atoms with Crippen LogP contribution in [-0.4, -0.2) is 0 Å². The van der Waals surface area contributed by atoms with Crippen molar-refractivity contribution in [3.05, 3.63) is 84.9 Å². The van der Waals surface area contributed by atoms with Crippen molar-refractivity contribution in [2.24, 2.45) is 10.2 Å². The number of rotatable bonds is 3. The number of azo groups is 1. The zero-order chi connectivity index (χ0) is 13.6. The van der Waals surface area contributed by atoms with E-state index in [4.69, 9.17) is 0 Å². The fraction of sp³-hybridized carbons (Fsp3) is 0. The van der Waals surface area contributed by atoms with Gasteiger partial charge in [-0.2, -0.15) is 0 Å². The smallest absolute Gasteiger partial charge is 0.0942 e. The molecule has 3 rings (SSSR count). The van der Waals surface area contributed by atoms with Crippen LogP contribution in [0, 0.1) is 12.1 Å². The van der Waals surface area contributed by atoms with Crippen LogP contribution in [0.1, 0.15) is 0 Å². The highest BCUT2D eigenvalue weighted by molar-refractivity contribution is 5.66. The molecule has 0 unspecified atom stereocenters. The Balaban J connectivity index is 1.87. The van der Waals surface area contributed by atoms with Crippen molar-refractivity contribution in [3.8, 4) is 11.1 Å². The van der Waals surface area contributed by atoms with E-state index >= 15 is 0 Å². The molecule has 0 bridgehead atoms. The molecular formula is C18H12N2. The molecule has 0 saturated heterocycles. The first-order valence-electron chi connectivity index (χ1n) is 6.37. The van der Waals surface area contributed by atoms with E-state index < -0.39 is 0 Å². The highest BCUT2D eigenvalue weighted by atomic mass is 15.1. The maximum atomic E-state index is 4.20. The van der Waals surface area contributed by atoms with Gasteiger partial charge in [0.25, 0.3) is 0 Å². The molecule has 0 amide bonds. The fourth-order valence-electron chi connectivity index (χ4n) is 1.88. The molecule has 2 nitrogen and oxygen atoms in total. The Labute approximate surface area is 118 Å². The van der Waals surface area contributed by atoms with Crippen LogP contribution in [0.2, 0.25) is 0 Å². The molecule has 20 heavy (non-hydrogen) atoms. The number of hydrogen-bond donors (Lipinski definition) is 0. The minimum absolute atomic E-state index is 0.712. The van der Waals surface area contributed by atoms with Crippen LogP contribution in [0.5, 0.6) is 0 Å². The van der Waals surface area contributed by atoms with Crippen LogP contribution in [0.15, 0.2) is 83.0 Å². The van der Waals surface area contributed by atoms with Crippen molar-refractivity contribution in [2.75, 3.05) is 0 Å². The average molecular weight is 256 g/mol. The Kier molecular flexibility index (Phi) is 3.65. The molecule has 0 fully saturated rings. The molecule has 0 N–H and O–H groups in total. The predicted octanol–water partition coefficient (Wildman–Crippen LogP) is 5.37. The second-order valence-electron chi connectivity index (χ2n) is 4.28. The fourth-order valence-corrected chi connectivity index (χ4v) is 1.88. The van der Waals surface area contributed by atoms with E-state index in [0.29, 0.717) is 11.4 Å². The summed E-state index contributed by atoms with van der Waals surface area (Å²) in [4.78, 5) is 0. The second kappa shape index (κ2) is 5.93. The molecule has 0 saturated carbocycles. The largest absolute Gasteiger partial charge is 0.150 e. The molecule has 2 heteroatoms. The van der Waals surface area contributed by atoms with E-state index in [9.17, 15) is 0 Å². The highest BCUT2D eigenvalue weighted by Crippen LogP contribution is 2.24. The summed E-state index contributed by atoms with van der Waals surface area (Å²) in [6, 6.07) is 29.6. The Hall–Kier alpha value is -2.74. The lowest BCUT2D eigenvalue weighted by molar-refractivity contribution is 1.23. The van der Waals surface area contributed by atoms with Crippen molar-refractivity contribution >= 4 is 11.4 Å². The molecule has 0 aliphatic heterocycles. The Bertz CT molecular complexity index is 704. The Morgan fingerprint density at radius 2 is 1.35 bits per heavy atom. The van der Waals surface area contributed by atoms with Crippen LogP contribution in [0.4, 0.5) is 11.4 Å². The quantitative estimate of drug-likeness (QED) is 0.563. The molecular weight excluding hydrogens is 244 g/mol. The third-order valence-corrected chi connectivity index (χ3v) is 2.85. The van der Waals surface area contributed by atoms with Gasteiger partial charge in [-0.15, -0.1) is 10.2 Å². The van der Waals surface area contributed by atoms with E-state index in [1.54, 1.807) is 0 Å². The highest BCUT2D eigenvalue weighted by Gasteiger charge is 1.98. The number of hydrogen-bond acceptors (Lipinski definition) is 2. The van der Waals surface area contributed by atoms with Gasteiger partial charge in [0.15, 0.2) is 0 Å². The van der Waals surface area contributed by atoms with Crippen LogP contribution in [0.3, 0.4) is 0 Å². The first-order valence-corrected chi connectivity index (χ1v) is 6.37. The van der Waals surface area contributed by atoms with E-state index in [0.717, 1.165) is 11.1 Å². The van der Waals surface area contributed by atoms with Crippen molar-refractivity contribution < 1.29 is 0 Å². The van der Waals surface area contributed by atoms with Crippen molar-refractivity contribution in [2.45, 2.75) is 0 Å². The van der Waals surface area contributed by atoms with Crippen LogP contribution >= 0.6 is 0 Å². The van der Waals surface area contributed by atoms with Gasteiger partial charge < -0.3 is 0 Å². The molecule has 0 aliphatic rings. The van der Waals surface area contributed by atoms with E-state index in [1.165, 1.54) is 0 Å².